The lowest BCUT2D eigenvalue weighted by molar-refractivity contribution is -0.121. The van der Waals surface area contributed by atoms with Gasteiger partial charge < -0.3 is 5.32 Å². The molecular weight excluding hydrogens is 325 g/mol. The SMILES string of the molecule is O=C(CCC1CCCC1)NCCCCCCI. The van der Waals surface area contributed by atoms with Crippen molar-refractivity contribution in [1.82, 2.24) is 5.32 Å². The number of nitrogens with one attached hydrogen (secondary N) is 1. The van der Waals surface area contributed by atoms with Crippen molar-refractivity contribution >= 4 is 28.5 Å². The summed E-state index contributed by atoms with van der Waals surface area (Å²) in [6.45, 7) is 0.880. The van der Waals surface area contributed by atoms with Crippen LogP contribution in [0, 0.1) is 5.92 Å². The molecule has 1 saturated carbocycles. The van der Waals surface area contributed by atoms with E-state index in [0.29, 0.717) is 0 Å². The maximum Gasteiger partial charge on any atom is 0.220 e. The molecule has 0 heterocycles. The van der Waals surface area contributed by atoms with E-state index in [1.54, 1.807) is 0 Å². The number of hydrogen-bond donors (Lipinski definition) is 1. The van der Waals surface area contributed by atoms with Gasteiger partial charge >= 0.3 is 0 Å². The Morgan fingerprint density at radius 2 is 1.82 bits per heavy atom. The second-order valence-electron chi connectivity index (χ2n) is 5.14. The van der Waals surface area contributed by atoms with Crippen LogP contribution >= 0.6 is 22.6 Å². The number of halogens is 1. The fourth-order valence-corrected chi connectivity index (χ4v) is 3.06. The van der Waals surface area contributed by atoms with Crippen molar-refractivity contribution in [2.45, 2.75) is 64.2 Å². The number of amides is 1. The van der Waals surface area contributed by atoms with Crippen molar-refractivity contribution in [3.63, 3.8) is 0 Å². The Morgan fingerprint density at radius 3 is 2.53 bits per heavy atom. The van der Waals surface area contributed by atoms with Gasteiger partial charge in [0.1, 0.15) is 0 Å². The van der Waals surface area contributed by atoms with Gasteiger partial charge in [0.15, 0.2) is 0 Å². The fraction of sp³-hybridized carbons (Fsp3) is 0.929. The molecule has 0 unspecified atom stereocenters. The van der Waals surface area contributed by atoms with Crippen molar-refractivity contribution in [3.05, 3.63) is 0 Å². The zero-order valence-electron chi connectivity index (χ0n) is 10.8. The number of carbonyl (C=O) groups is 1. The van der Waals surface area contributed by atoms with Gasteiger partial charge in [-0.05, 0) is 29.6 Å². The molecular formula is C14H26INO. The highest BCUT2D eigenvalue weighted by molar-refractivity contribution is 14.1. The molecule has 2 nitrogen and oxygen atoms in total. The third-order valence-electron chi connectivity index (χ3n) is 3.64. The molecule has 17 heavy (non-hydrogen) atoms. The molecule has 0 spiro atoms. The van der Waals surface area contributed by atoms with Crippen LogP contribution in [-0.2, 0) is 4.79 Å². The second-order valence-corrected chi connectivity index (χ2v) is 6.22. The lowest BCUT2D eigenvalue weighted by Gasteiger charge is -2.09. The first kappa shape index (κ1) is 15.3. The Labute approximate surface area is 119 Å². The van der Waals surface area contributed by atoms with Crippen LogP contribution in [-0.4, -0.2) is 16.9 Å². The normalized spacial score (nSPS) is 16.3. The molecule has 0 aromatic rings. The van der Waals surface area contributed by atoms with Gasteiger partial charge in [0.2, 0.25) is 5.91 Å². The number of hydrogen-bond acceptors (Lipinski definition) is 1. The number of unbranched alkanes of at least 4 members (excludes halogenated alkanes) is 3. The van der Waals surface area contributed by atoms with Crippen molar-refractivity contribution in [2.75, 3.05) is 11.0 Å². The van der Waals surface area contributed by atoms with E-state index in [4.69, 9.17) is 0 Å². The van der Waals surface area contributed by atoms with Crippen LogP contribution in [0.15, 0.2) is 0 Å². The zero-order valence-corrected chi connectivity index (χ0v) is 13.0. The first-order valence-electron chi connectivity index (χ1n) is 7.15. The van der Waals surface area contributed by atoms with Gasteiger partial charge in [-0.25, -0.2) is 0 Å². The van der Waals surface area contributed by atoms with E-state index in [9.17, 15) is 4.79 Å². The van der Waals surface area contributed by atoms with Gasteiger partial charge in [0.25, 0.3) is 0 Å². The van der Waals surface area contributed by atoms with Crippen molar-refractivity contribution in [2.24, 2.45) is 5.92 Å². The average Bonchev–Trinajstić information content (AvgIpc) is 2.84. The maximum absolute atomic E-state index is 11.6. The van der Waals surface area contributed by atoms with Crippen LogP contribution in [0.25, 0.3) is 0 Å². The Balaban J connectivity index is 1.87. The van der Waals surface area contributed by atoms with Gasteiger partial charge in [-0.3, -0.25) is 4.79 Å². The summed E-state index contributed by atoms with van der Waals surface area (Å²) in [5, 5.41) is 3.04. The molecule has 1 N–H and O–H groups in total. The highest BCUT2D eigenvalue weighted by Crippen LogP contribution is 2.28. The summed E-state index contributed by atoms with van der Waals surface area (Å²) in [5.41, 5.74) is 0. The molecule has 1 rings (SSSR count). The van der Waals surface area contributed by atoms with Crippen LogP contribution in [0.5, 0.6) is 0 Å². The minimum absolute atomic E-state index is 0.269. The predicted octanol–water partition coefficient (Wildman–Crippen LogP) is 4.07. The van der Waals surface area contributed by atoms with Crippen molar-refractivity contribution in [1.29, 1.82) is 0 Å². The van der Waals surface area contributed by atoms with E-state index >= 15 is 0 Å². The average molecular weight is 351 g/mol. The Morgan fingerprint density at radius 1 is 1.12 bits per heavy atom. The Hall–Kier alpha value is 0.200. The molecule has 3 heteroatoms. The summed E-state index contributed by atoms with van der Waals surface area (Å²) >= 11 is 2.42. The van der Waals surface area contributed by atoms with E-state index in [-0.39, 0.29) is 5.91 Å². The fourth-order valence-electron chi connectivity index (χ4n) is 2.52. The molecule has 0 radical (unpaired) electrons. The lowest BCUT2D eigenvalue weighted by atomic mass is 10.0. The first-order chi connectivity index (χ1) is 8.33. The van der Waals surface area contributed by atoms with E-state index < -0.39 is 0 Å². The highest BCUT2D eigenvalue weighted by Gasteiger charge is 2.15. The summed E-state index contributed by atoms with van der Waals surface area (Å²) in [5.74, 6) is 1.11. The summed E-state index contributed by atoms with van der Waals surface area (Å²) in [7, 11) is 0. The minimum atomic E-state index is 0.269. The van der Waals surface area contributed by atoms with E-state index in [1.807, 2.05) is 0 Å². The van der Waals surface area contributed by atoms with Gasteiger partial charge in [0, 0.05) is 13.0 Å². The van der Waals surface area contributed by atoms with Crippen molar-refractivity contribution < 1.29 is 4.79 Å². The van der Waals surface area contributed by atoms with Crippen LogP contribution in [0.4, 0.5) is 0 Å². The number of rotatable bonds is 9. The third-order valence-corrected chi connectivity index (χ3v) is 4.40. The molecule has 1 amide bonds. The molecule has 100 valence electrons. The second kappa shape index (κ2) is 10.2. The van der Waals surface area contributed by atoms with Crippen LogP contribution in [0.1, 0.15) is 64.2 Å². The molecule has 1 fully saturated rings. The third kappa shape index (κ3) is 8.01. The molecule has 0 aromatic carbocycles. The van der Waals surface area contributed by atoms with E-state index in [2.05, 4.69) is 27.9 Å². The molecule has 1 aliphatic carbocycles. The Bertz CT molecular complexity index is 202. The molecule has 0 aromatic heterocycles. The van der Waals surface area contributed by atoms with Gasteiger partial charge in [-0.15, -0.1) is 0 Å². The van der Waals surface area contributed by atoms with E-state index in [0.717, 1.165) is 31.7 Å². The van der Waals surface area contributed by atoms with Crippen molar-refractivity contribution in [3.8, 4) is 0 Å². The topological polar surface area (TPSA) is 29.1 Å². The zero-order chi connectivity index (χ0) is 12.3. The van der Waals surface area contributed by atoms with Crippen LogP contribution in [0.2, 0.25) is 0 Å². The predicted molar refractivity (Wildman–Crippen MR) is 81.6 cm³/mol. The highest BCUT2D eigenvalue weighted by atomic mass is 127. The van der Waals surface area contributed by atoms with E-state index in [1.165, 1.54) is 49.4 Å². The molecule has 0 atom stereocenters. The molecule has 0 bridgehead atoms. The smallest absolute Gasteiger partial charge is 0.220 e. The Kier molecular flexibility index (Phi) is 9.11. The minimum Gasteiger partial charge on any atom is -0.356 e. The lowest BCUT2D eigenvalue weighted by Crippen LogP contribution is -2.24. The largest absolute Gasteiger partial charge is 0.356 e. The number of alkyl halides is 1. The molecule has 0 saturated heterocycles. The standard InChI is InChI=1S/C14H26INO/c15-11-5-1-2-6-12-16-14(17)10-9-13-7-3-4-8-13/h13H,1-12H2,(H,16,17). The van der Waals surface area contributed by atoms with Crippen LogP contribution < -0.4 is 5.32 Å². The number of carbonyl (C=O) groups excluding carboxylic acids is 1. The van der Waals surface area contributed by atoms with Gasteiger partial charge in [-0.1, -0.05) is 61.1 Å². The monoisotopic (exact) mass is 351 g/mol. The molecule has 1 aliphatic rings. The summed E-state index contributed by atoms with van der Waals surface area (Å²) in [6.07, 6.45) is 12.3. The summed E-state index contributed by atoms with van der Waals surface area (Å²) in [6, 6.07) is 0. The quantitative estimate of drug-likeness (QED) is 0.379. The summed E-state index contributed by atoms with van der Waals surface area (Å²) in [4.78, 5) is 11.6. The van der Waals surface area contributed by atoms with Gasteiger partial charge in [-0.2, -0.15) is 0 Å². The first-order valence-corrected chi connectivity index (χ1v) is 8.68. The van der Waals surface area contributed by atoms with Gasteiger partial charge in [0.05, 0.1) is 0 Å². The summed E-state index contributed by atoms with van der Waals surface area (Å²) < 4.78 is 1.26. The molecule has 0 aliphatic heterocycles. The van der Waals surface area contributed by atoms with Crippen LogP contribution in [0.3, 0.4) is 0 Å². The maximum atomic E-state index is 11.6.